The molecule has 1 saturated carbocycles. The number of nitrogens with one attached hydrogen (secondary N) is 1. The van der Waals surface area contributed by atoms with Gasteiger partial charge in [-0.15, -0.1) is 0 Å². The van der Waals surface area contributed by atoms with Crippen LogP contribution in [0.4, 0.5) is 18.9 Å². The molecule has 0 aromatic heterocycles. The summed E-state index contributed by atoms with van der Waals surface area (Å²) in [6.07, 6.45) is 12.6. The second-order valence-electron chi connectivity index (χ2n) is 6.99. The van der Waals surface area contributed by atoms with Crippen LogP contribution >= 0.6 is 11.9 Å². The number of benzene rings is 1. The van der Waals surface area contributed by atoms with E-state index in [2.05, 4.69) is 5.32 Å². The van der Waals surface area contributed by atoms with Crippen molar-refractivity contribution in [3.05, 3.63) is 23.0 Å². The lowest BCUT2D eigenvalue weighted by Crippen LogP contribution is -2.22. The molecule has 0 unspecified atom stereocenters. The Hall–Kier alpha value is -0.880. The molecule has 0 saturated heterocycles. The third kappa shape index (κ3) is 5.55. The van der Waals surface area contributed by atoms with E-state index < -0.39 is 17.5 Å². The normalized spacial score (nSPS) is 18.4. The zero-order valence-electron chi connectivity index (χ0n) is 15.0. The second-order valence-corrected chi connectivity index (χ2v) is 7.63. The highest BCUT2D eigenvalue weighted by Gasteiger charge is 2.24. The van der Waals surface area contributed by atoms with Crippen LogP contribution in [0.25, 0.3) is 0 Å². The topological polar surface area (TPSA) is 38.0 Å². The Kier molecular flexibility index (Phi) is 8.43. The highest BCUT2D eigenvalue weighted by Crippen LogP contribution is 2.35. The minimum Gasteiger partial charge on any atom is -0.379 e. The van der Waals surface area contributed by atoms with Crippen LogP contribution in [0.2, 0.25) is 0 Å². The molecule has 1 aliphatic carbocycles. The van der Waals surface area contributed by atoms with Crippen molar-refractivity contribution < 1.29 is 13.2 Å². The van der Waals surface area contributed by atoms with Gasteiger partial charge in [0, 0.05) is 11.6 Å². The molecule has 1 fully saturated rings. The van der Waals surface area contributed by atoms with Gasteiger partial charge in [-0.3, -0.25) is 5.14 Å². The SMILES string of the molecule is Cc1c(F)c(F)c(SN)c(NC2CCCCCCCCCCC2)c1F. The van der Waals surface area contributed by atoms with Crippen LogP contribution < -0.4 is 10.5 Å². The third-order valence-electron chi connectivity index (χ3n) is 5.07. The number of rotatable bonds is 3. The molecule has 2 nitrogen and oxygen atoms in total. The molecule has 0 spiro atoms. The molecule has 0 bridgehead atoms. The van der Waals surface area contributed by atoms with E-state index in [4.69, 9.17) is 5.14 Å². The summed E-state index contributed by atoms with van der Waals surface area (Å²) in [5.41, 5.74) is -0.285. The van der Waals surface area contributed by atoms with Gasteiger partial charge in [0.2, 0.25) is 0 Å². The molecule has 25 heavy (non-hydrogen) atoms. The number of nitrogens with two attached hydrogens (primary N) is 1. The Balaban J connectivity index is 2.16. The van der Waals surface area contributed by atoms with Crippen molar-refractivity contribution in [2.45, 2.75) is 88.5 Å². The first-order chi connectivity index (χ1) is 12.1. The van der Waals surface area contributed by atoms with Crippen LogP contribution in [0, 0.1) is 24.4 Å². The monoisotopic (exact) mass is 374 g/mol. The standard InChI is InChI=1S/C19H29F3N2S/c1-13-15(20)17(22)19(25-23)18(16(13)21)24-14-11-9-7-5-3-2-4-6-8-10-12-14/h14,24H,2-12,23H2,1H3. The lowest BCUT2D eigenvalue weighted by molar-refractivity contribution is 0.462. The van der Waals surface area contributed by atoms with Gasteiger partial charge in [-0.25, -0.2) is 13.2 Å². The zero-order valence-corrected chi connectivity index (χ0v) is 15.8. The quantitative estimate of drug-likeness (QED) is 0.471. The van der Waals surface area contributed by atoms with E-state index in [-0.39, 0.29) is 22.2 Å². The van der Waals surface area contributed by atoms with Crippen molar-refractivity contribution in [2.24, 2.45) is 5.14 Å². The van der Waals surface area contributed by atoms with Gasteiger partial charge < -0.3 is 5.32 Å². The number of halogens is 3. The van der Waals surface area contributed by atoms with Gasteiger partial charge in [-0.05, 0) is 31.7 Å². The highest BCUT2D eigenvalue weighted by atomic mass is 32.2. The first kappa shape index (κ1) is 20.4. The van der Waals surface area contributed by atoms with Gasteiger partial charge in [0.05, 0.1) is 10.6 Å². The van der Waals surface area contributed by atoms with Crippen molar-refractivity contribution >= 4 is 17.6 Å². The summed E-state index contributed by atoms with van der Waals surface area (Å²) in [7, 11) is 0. The third-order valence-corrected chi connectivity index (χ3v) is 5.69. The molecule has 1 aliphatic rings. The van der Waals surface area contributed by atoms with Crippen molar-refractivity contribution in [3.63, 3.8) is 0 Å². The van der Waals surface area contributed by atoms with Gasteiger partial charge in [0.25, 0.3) is 0 Å². The van der Waals surface area contributed by atoms with E-state index in [9.17, 15) is 13.2 Å². The van der Waals surface area contributed by atoms with Crippen LogP contribution in [-0.2, 0) is 0 Å². The fourth-order valence-electron chi connectivity index (χ4n) is 3.51. The maximum atomic E-state index is 14.6. The van der Waals surface area contributed by atoms with Gasteiger partial charge in [-0.1, -0.05) is 57.8 Å². The summed E-state index contributed by atoms with van der Waals surface area (Å²) in [6, 6.07) is 0.0593. The average Bonchev–Trinajstić information content (AvgIpc) is 2.60. The van der Waals surface area contributed by atoms with Crippen molar-refractivity contribution in [1.29, 1.82) is 0 Å². The predicted octanol–water partition coefficient (Wildman–Crippen LogP) is 6.46. The Labute approximate surface area is 153 Å². The smallest absolute Gasteiger partial charge is 0.176 e. The lowest BCUT2D eigenvalue weighted by Gasteiger charge is -2.23. The van der Waals surface area contributed by atoms with Crippen molar-refractivity contribution in [1.82, 2.24) is 0 Å². The molecule has 0 heterocycles. The average molecular weight is 375 g/mol. The maximum absolute atomic E-state index is 14.6. The van der Waals surface area contributed by atoms with Crippen molar-refractivity contribution in [2.75, 3.05) is 5.32 Å². The molecule has 1 aromatic carbocycles. The maximum Gasteiger partial charge on any atom is 0.176 e. The summed E-state index contributed by atoms with van der Waals surface area (Å²) in [5.74, 6) is -2.96. The first-order valence-electron chi connectivity index (χ1n) is 9.36. The highest BCUT2D eigenvalue weighted by molar-refractivity contribution is 7.97. The summed E-state index contributed by atoms with van der Waals surface area (Å²) in [4.78, 5) is -0.174. The minimum absolute atomic E-state index is 0.0148. The Morgan fingerprint density at radius 1 is 0.800 bits per heavy atom. The molecule has 0 aliphatic heterocycles. The van der Waals surface area contributed by atoms with E-state index in [0.29, 0.717) is 11.9 Å². The molecule has 142 valence electrons. The van der Waals surface area contributed by atoms with E-state index in [1.54, 1.807) is 0 Å². The van der Waals surface area contributed by atoms with Crippen LogP contribution in [0.3, 0.4) is 0 Å². The molecule has 2 rings (SSSR count). The Bertz CT molecular complexity index is 554. The molecular weight excluding hydrogens is 345 g/mol. The Morgan fingerprint density at radius 3 is 1.76 bits per heavy atom. The predicted molar refractivity (Wildman–Crippen MR) is 99.3 cm³/mol. The van der Waals surface area contributed by atoms with E-state index >= 15 is 0 Å². The molecule has 0 radical (unpaired) electrons. The molecule has 0 amide bonds. The van der Waals surface area contributed by atoms with E-state index in [1.807, 2.05) is 0 Å². The summed E-state index contributed by atoms with van der Waals surface area (Å²) < 4.78 is 42.5. The fourth-order valence-corrected chi connectivity index (χ4v) is 3.97. The fraction of sp³-hybridized carbons (Fsp3) is 0.684. The lowest BCUT2D eigenvalue weighted by atomic mass is 9.97. The zero-order chi connectivity index (χ0) is 18.2. The molecule has 3 N–H and O–H groups in total. The van der Waals surface area contributed by atoms with Crippen LogP contribution in [0.1, 0.15) is 76.2 Å². The van der Waals surface area contributed by atoms with Gasteiger partial charge in [0.15, 0.2) is 17.5 Å². The molecule has 6 heteroatoms. The second kappa shape index (κ2) is 10.3. The number of hydrogen-bond donors (Lipinski definition) is 2. The van der Waals surface area contributed by atoms with Gasteiger partial charge >= 0.3 is 0 Å². The first-order valence-corrected chi connectivity index (χ1v) is 10.2. The number of hydrogen-bond acceptors (Lipinski definition) is 3. The van der Waals surface area contributed by atoms with Crippen LogP contribution in [0.15, 0.2) is 4.90 Å². The van der Waals surface area contributed by atoms with Crippen LogP contribution in [-0.4, -0.2) is 6.04 Å². The Morgan fingerprint density at radius 2 is 1.28 bits per heavy atom. The largest absolute Gasteiger partial charge is 0.379 e. The van der Waals surface area contributed by atoms with Gasteiger partial charge in [-0.2, -0.15) is 0 Å². The molecule has 0 atom stereocenters. The van der Waals surface area contributed by atoms with Gasteiger partial charge in [0.1, 0.15) is 0 Å². The summed E-state index contributed by atoms with van der Waals surface area (Å²) in [5, 5.41) is 8.63. The van der Waals surface area contributed by atoms with Crippen LogP contribution in [0.5, 0.6) is 0 Å². The number of anilines is 1. The molecule has 1 aromatic rings. The van der Waals surface area contributed by atoms with E-state index in [0.717, 1.165) is 38.5 Å². The van der Waals surface area contributed by atoms with E-state index in [1.165, 1.54) is 39.0 Å². The summed E-state index contributed by atoms with van der Waals surface area (Å²) >= 11 is 0.553. The van der Waals surface area contributed by atoms with Crippen molar-refractivity contribution in [3.8, 4) is 0 Å². The molecular formula is C19H29F3N2S. The summed E-state index contributed by atoms with van der Waals surface area (Å²) in [6.45, 7) is 1.25. The minimum atomic E-state index is -1.16.